The predicted molar refractivity (Wildman–Crippen MR) is 82.4 cm³/mol. The molecular formula is C15H22ClNO4. The maximum Gasteiger partial charge on any atom is 0.224 e. The molecule has 1 aromatic carbocycles. The third-order valence-corrected chi connectivity index (χ3v) is 3.28. The molecule has 1 rings (SSSR count). The Morgan fingerprint density at radius 2 is 1.95 bits per heavy atom. The van der Waals surface area contributed by atoms with Gasteiger partial charge in [0.05, 0.1) is 32.6 Å². The van der Waals surface area contributed by atoms with Gasteiger partial charge in [-0.15, -0.1) is 11.6 Å². The van der Waals surface area contributed by atoms with E-state index in [0.29, 0.717) is 31.1 Å². The summed E-state index contributed by atoms with van der Waals surface area (Å²) in [6, 6.07) is 5.43. The summed E-state index contributed by atoms with van der Waals surface area (Å²) in [4.78, 5) is 11.8. The van der Waals surface area contributed by atoms with Crippen molar-refractivity contribution >= 4 is 17.5 Å². The van der Waals surface area contributed by atoms with Crippen LogP contribution in [0, 0.1) is 0 Å². The Hall–Kier alpha value is -1.46. The van der Waals surface area contributed by atoms with Gasteiger partial charge in [0, 0.05) is 13.7 Å². The molecule has 6 heteroatoms. The minimum absolute atomic E-state index is 0.0523. The normalized spacial score (nSPS) is 11.8. The lowest BCUT2D eigenvalue weighted by Gasteiger charge is -2.11. The summed E-state index contributed by atoms with van der Waals surface area (Å²) < 4.78 is 15.3. The Kier molecular flexibility index (Phi) is 7.93. The molecule has 0 aliphatic carbocycles. The van der Waals surface area contributed by atoms with Gasteiger partial charge in [-0.2, -0.15) is 0 Å². The molecule has 0 radical (unpaired) electrons. The van der Waals surface area contributed by atoms with Crippen molar-refractivity contribution in [2.45, 2.75) is 18.2 Å². The quantitative estimate of drug-likeness (QED) is 0.708. The van der Waals surface area contributed by atoms with E-state index in [9.17, 15) is 4.79 Å². The van der Waals surface area contributed by atoms with Crippen molar-refractivity contribution in [1.82, 2.24) is 5.32 Å². The van der Waals surface area contributed by atoms with E-state index < -0.39 is 0 Å². The molecule has 1 N–H and O–H groups in total. The summed E-state index contributed by atoms with van der Waals surface area (Å²) in [6.07, 6.45) is 0.963. The molecule has 0 bridgehead atoms. The molecule has 1 aromatic rings. The van der Waals surface area contributed by atoms with Gasteiger partial charge < -0.3 is 19.5 Å². The number of carbonyl (C=O) groups is 1. The average molecular weight is 316 g/mol. The number of rotatable bonds is 9. The number of methoxy groups -OCH3 is 3. The smallest absolute Gasteiger partial charge is 0.224 e. The number of amides is 1. The van der Waals surface area contributed by atoms with Crippen molar-refractivity contribution in [3.8, 4) is 11.5 Å². The van der Waals surface area contributed by atoms with Crippen molar-refractivity contribution in [1.29, 1.82) is 0 Å². The van der Waals surface area contributed by atoms with Crippen LogP contribution in [-0.2, 0) is 16.0 Å². The zero-order chi connectivity index (χ0) is 15.7. The summed E-state index contributed by atoms with van der Waals surface area (Å²) >= 11 is 5.99. The lowest BCUT2D eigenvalue weighted by molar-refractivity contribution is -0.120. The van der Waals surface area contributed by atoms with Gasteiger partial charge in [0.2, 0.25) is 5.91 Å². The SMILES string of the molecule is COCC(Cl)CCNC(=O)Cc1ccc(OC)c(OC)c1. The Labute approximate surface area is 130 Å². The maximum atomic E-state index is 11.8. The fourth-order valence-corrected chi connectivity index (χ4v) is 2.11. The first-order valence-corrected chi connectivity index (χ1v) is 7.15. The number of hydrogen-bond donors (Lipinski definition) is 1. The van der Waals surface area contributed by atoms with Gasteiger partial charge in [-0.05, 0) is 24.1 Å². The molecule has 0 aliphatic rings. The number of carbonyl (C=O) groups excluding carboxylic acids is 1. The first-order chi connectivity index (χ1) is 10.1. The van der Waals surface area contributed by atoms with Gasteiger partial charge in [-0.1, -0.05) is 6.07 Å². The number of benzene rings is 1. The molecule has 1 amide bonds. The molecule has 0 saturated carbocycles. The molecule has 0 fully saturated rings. The van der Waals surface area contributed by atoms with Gasteiger partial charge in [-0.25, -0.2) is 0 Å². The minimum Gasteiger partial charge on any atom is -0.493 e. The van der Waals surface area contributed by atoms with E-state index in [4.69, 9.17) is 25.8 Å². The Morgan fingerprint density at radius 3 is 2.57 bits per heavy atom. The standard InChI is InChI=1S/C15H22ClNO4/c1-19-10-12(16)6-7-17-15(18)9-11-4-5-13(20-2)14(8-11)21-3/h4-5,8,12H,6-7,9-10H2,1-3H3,(H,17,18). The predicted octanol–water partition coefficient (Wildman–Crippen LogP) is 2.01. The highest BCUT2D eigenvalue weighted by Crippen LogP contribution is 2.27. The van der Waals surface area contributed by atoms with Crippen molar-refractivity contribution in [2.24, 2.45) is 0 Å². The number of hydrogen-bond acceptors (Lipinski definition) is 4. The van der Waals surface area contributed by atoms with Crippen LogP contribution in [0.15, 0.2) is 18.2 Å². The fourth-order valence-electron chi connectivity index (χ4n) is 1.87. The van der Waals surface area contributed by atoms with Crippen LogP contribution in [0.2, 0.25) is 0 Å². The van der Waals surface area contributed by atoms with Crippen molar-refractivity contribution in [3.63, 3.8) is 0 Å². The average Bonchev–Trinajstić information content (AvgIpc) is 2.47. The lowest BCUT2D eigenvalue weighted by atomic mass is 10.1. The van der Waals surface area contributed by atoms with Crippen molar-refractivity contribution < 1.29 is 19.0 Å². The zero-order valence-corrected chi connectivity index (χ0v) is 13.4. The van der Waals surface area contributed by atoms with Gasteiger partial charge in [0.1, 0.15) is 0 Å². The Balaban J connectivity index is 2.44. The summed E-state index contributed by atoms with van der Waals surface area (Å²) in [5.74, 6) is 1.21. The first kappa shape index (κ1) is 17.6. The third kappa shape index (κ3) is 6.23. The molecule has 0 spiro atoms. The second kappa shape index (κ2) is 9.47. The highest BCUT2D eigenvalue weighted by Gasteiger charge is 2.09. The van der Waals surface area contributed by atoms with E-state index in [1.54, 1.807) is 33.5 Å². The molecule has 1 unspecified atom stereocenters. The van der Waals surface area contributed by atoms with Crippen LogP contribution < -0.4 is 14.8 Å². The van der Waals surface area contributed by atoms with E-state index in [1.807, 2.05) is 6.07 Å². The van der Waals surface area contributed by atoms with E-state index in [2.05, 4.69) is 5.32 Å². The van der Waals surface area contributed by atoms with E-state index >= 15 is 0 Å². The van der Waals surface area contributed by atoms with Crippen LogP contribution in [0.1, 0.15) is 12.0 Å². The monoisotopic (exact) mass is 315 g/mol. The third-order valence-electron chi connectivity index (χ3n) is 2.94. The molecule has 118 valence electrons. The summed E-state index contributed by atoms with van der Waals surface area (Å²) in [5, 5.41) is 2.75. The highest BCUT2D eigenvalue weighted by molar-refractivity contribution is 6.20. The molecular weight excluding hydrogens is 294 g/mol. The Bertz CT molecular complexity index is 453. The molecule has 0 heterocycles. The lowest BCUT2D eigenvalue weighted by Crippen LogP contribution is -2.28. The van der Waals surface area contributed by atoms with E-state index in [-0.39, 0.29) is 17.7 Å². The molecule has 0 aliphatic heterocycles. The molecule has 0 aromatic heterocycles. The van der Waals surface area contributed by atoms with Gasteiger partial charge in [-0.3, -0.25) is 4.79 Å². The summed E-state index contributed by atoms with van der Waals surface area (Å²) in [5.41, 5.74) is 0.865. The van der Waals surface area contributed by atoms with Crippen LogP contribution in [-0.4, -0.2) is 45.8 Å². The Morgan fingerprint density at radius 1 is 1.24 bits per heavy atom. The van der Waals surface area contributed by atoms with Crippen LogP contribution in [0.5, 0.6) is 11.5 Å². The molecule has 5 nitrogen and oxygen atoms in total. The van der Waals surface area contributed by atoms with Crippen LogP contribution in [0.4, 0.5) is 0 Å². The maximum absolute atomic E-state index is 11.8. The van der Waals surface area contributed by atoms with Crippen molar-refractivity contribution in [3.05, 3.63) is 23.8 Å². The molecule has 21 heavy (non-hydrogen) atoms. The number of alkyl halides is 1. The van der Waals surface area contributed by atoms with Crippen LogP contribution in [0.25, 0.3) is 0 Å². The summed E-state index contributed by atoms with van der Waals surface area (Å²) in [7, 11) is 4.75. The fraction of sp³-hybridized carbons (Fsp3) is 0.533. The van der Waals surface area contributed by atoms with Gasteiger partial charge in [0.25, 0.3) is 0 Å². The van der Waals surface area contributed by atoms with Gasteiger partial charge >= 0.3 is 0 Å². The zero-order valence-electron chi connectivity index (χ0n) is 12.6. The summed E-state index contributed by atoms with van der Waals surface area (Å²) in [6.45, 7) is 1.01. The second-order valence-corrected chi connectivity index (χ2v) is 5.17. The minimum atomic E-state index is -0.0867. The number of nitrogens with one attached hydrogen (secondary N) is 1. The van der Waals surface area contributed by atoms with Crippen molar-refractivity contribution in [2.75, 3.05) is 34.5 Å². The number of ether oxygens (including phenoxy) is 3. The topological polar surface area (TPSA) is 56.8 Å². The van der Waals surface area contributed by atoms with Gasteiger partial charge in [0.15, 0.2) is 11.5 Å². The van der Waals surface area contributed by atoms with E-state index in [0.717, 1.165) is 5.56 Å². The van der Waals surface area contributed by atoms with E-state index in [1.165, 1.54) is 0 Å². The number of halogens is 1. The van der Waals surface area contributed by atoms with Crippen LogP contribution in [0.3, 0.4) is 0 Å². The highest BCUT2D eigenvalue weighted by atomic mass is 35.5. The molecule has 1 atom stereocenters. The van der Waals surface area contributed by atoms with Crippen LogP contribution >= 0.6 is 11.6 Å². The second-order valence-electron chi connectivity index (χ2n) is 4.56. The largest absolute Gasteiger partial charge is 0.493 e. The first-order valence-electron chi connectivity index (χ1n) is 6.71. The molecule has 0 saturated heterocycles.